The molecule has 0 radical (unpaired) electrons. The second-order valence-electron chi connectivity index (χ2n) is 4.61. The van der Waals surface area contributed by atoms with Crippen LogP contribution in [-0.2, 0) is 6.42 Å². The van der Waals surface area contributed by atoms with E-state index in [1.807, 2.05) is 13.8 Å². The van der Waals surface area contributed by atoms with Crippen LogP contribution in [0.25, 0.3) is 0 Å². The molecule has 0 aliphatic heterocycles. The number of methoxy groups -OCH3 is 2. The van der Waals surface area contributed by atoms with Crippen LogP contribution in [0, 0.1) is 0 Å². The number of aryl methyl sites for hydroxylation is 1. The Bertz CT molecular complexity index is 657. The number of H-pyrrole nitrogens is 1. The lowest BCUT2D eigenvalue weighted by molar-refractivity contribution is 0.0993. The van der Waals surface area contributed by atoms with Crippen LogP contribution in [-0.4, -0.2) is 40.4 Å². The van der Waals surface area contributed by atoms with Gasteiger partial charge < -0.3 is 9.47 Å². The van der Waals surface area contributed by atoms with E-state index in [-0.39, 0.29) is 11.0 Å². The van der Waals surface area contributed by atoms with E-state index in [2.05, 4.69) is 15.2 Å². The number of Topliss-reactive ketones (excluding diaryl/α,β-unsaturated/α-hetero) is 1. The van der Waals surface area contributed by atoms with Gasteiger partial charge in [0.2, 0.25) is 5.16 Å². The molecule has 2 aromatic rings. The zero-order valence-corrected chi connectivity index (χ0v) is 13.9. The maximum atomic E-state index is 12.5. The van der Waals surface area contributed by atoms with Gasteiger partial charge >= 0.3 is 0 Å². The first-order chi connectivity index (χ1) is 10.6. The maximum absolute atomic E-state index is 12.5. The minimum Gasteiger partial charge on any atom is -0.493 e. The summed E-state index contributed by atoms with van der Waals surface area (Å²) in [5, 5.41) is 7.23. The first-order valence-electron chi connectivity index (χ1n) is 6.93. The molecule has 0 saturated carbocycles. The number of aromatic nitrogens is 3. The minimum absolute atomic E-state index is 0.00574. The van der Waals surface area contributed by atoms with Crippen LogP contribution in [0.3, 0.4) is 0 Å². The second kappa shape index (κ2) is 7.31. The number of carbonyl (C=O) groups excluding carboxylic acids is 1. The summed E-state index contributed by atoms with van der Waals surface area (Å²) in [5.41, 5.74) is 0.573. The molecule has 1 atom stereocenters. The van der Waals surface area contributed by atoms with Gasteiger partial charge in [0, 0.05) is 12.0 Å². The first kappa shape index (κ1) is 16.4. The molecule has 1 N–H and O–H groups in total. The van der Waals surface area contributed by atoms with Crippen molar-refractivity contribution in [2.75, 3.05) is 14.2 Å². The van der Waals surface area contributed by atoms with Crippen molar-refractivity contribution < 1.29 is 14.3 Å². The number of benzene rings is 1. The van der Waals surface area contributed by atoms with Gasteiger partial charge in [-0.1, -0.05) is 18.7 Å². The van der Waals surface area contributed by atoms with Gasteiger partial charge in [-0.2, -0.15) is 0 Å². The minimum atomic E-state index is -0.293. The molecule has 22 heavy (non-hydrogen) atoms. The average Bonchev–Trinajstić information content (AvgIpc) is 3.00. The molecule has 0 saturated heterocycles. The Balaban J connectivity index is 2.12. The van der Waals surface area contributed by atoms with Crippen LogP contribution >= 0.6 is 11.8 Å². The predicted octanol–water partition coefficient (Wildman–Crippen LogP) is 2.75. The number of hydrogen-bond donors (Lipinski definition) is 1. The van der Waals surface area contributed by atoms with Crippen molar-refractivity contribution in [3.8, 4) is 11.5 Å². The maximum Gasteiger partial charge on any atom is 0.209 e. The first-order valence-corrected chi connectivity index (χ1v) is 7.81. The summed E-state index contributed by atoms with van der Waals surface area (Å²) in [4.78, 5) is 16.8. The Morgan fingerprint density at radius 2 is 2.05 bits per heavy atom. The predicted molar refractivity (Wildman–Crippen MR) is 85.0 cm³/mol. The van der Waals surface area contributed by atoms with Crippen LogP contribution in [0.4, 0.5) is 0 Å². The third-order valence-electron chi connectivity index (χ3n) is 3.17. The highest BCUT2D eigenvalue weighted by Gasteiger charge is 2.20. The Morgan fingerprint density at radius 1 is 1.32 bits per heavy atom. The fourth-order valence-electron chi connectivity index (χ4n) is 1.92. The molecule has 7 heteroatoms. The fraction of sp³-hybridized carbons (Fsp3) is 0.400. The Morgan fingerprint density at radius 3 is 2.64 bits per heavy atom. The van der Waals surface area contributed by atoms with Crippen LogP contribution < -0.4 is 9.47 Å². The Labute approximate surface area is 133 Å². The van der Waals surface area contributed by atoms with Gasteiger partial charge in [0.1, 0.15) is 5.82 Å². The Kier molecular flexibility index (Phi) is 5.43. The van der Waals surface area contributed by atoms with Gasteiger partial charge in [0.05, 0.1) is 19.5 Å². The summed E-state index contributed by atoms with van der Waals surface area (Å²) in [7, 11) is 3.11. The van der Waals surface area contributed by atoms with Crippen molar-refractivity contribution in [2.45, 2.75) is 30.7 Å². The lowest BCUT2D eigenvalue weighted by Crippen LogP contribution is -2.14. The summed E-state index contributed by atoms with van der Waals surface area (Å²) in [6.45, 7) is 3.83. The highest BCUT2D eigenvalue weighted by atomic mass is 32.2. The molecule has 0 spiro atoms. The number of aromatic amines is 1. The van der Waals surface area contributed by atoms with Crippen molar-refractivity contribution in [3.05, 3.63) is 29.6 Å². The summed E-state index contributed by atoms with van der Waals surface area (Å²) < 4.78 is 10.4. The van der Waals surface area contributed by atoms with E-state index < -0.39 is 0 Å². The quantitative estimate of drug-likeness (QED) is 0.624. The normalized spacial score (nSPS) is 12.0. The summed E-state index contributed by atoms with van der Waals surface area (Å²) in [6.07, 6.45) is 0.783. The molecule has 2 rings (SSSR count). The number of ether oxygens (including phenoxy) is 2. The van der Waals surface area contributed by atoms with Gasteiger partial charge in [-0.3, -0.25) is 9.89 Å². The summed E-state index contributed by atoms with van der Waals surface area (Å²) >= 11 is 1.33. The zero-order chi connectivity index (χ0) is 16.1. The van der Waals surface area contributed by atoms with Crippen LogP contribution in [0.15, 0.2) is 23.4 Å². The van der Waals surface area contributed by atoms with E-state index >= 15 is 0 Å². The van der Waals surface area contributed by atoms with Crippen LogP contribution in [0.2, 0.25) is 0 Å². The molecule has 0 amide bonds. The third-order valence-corrected chi connectivity index (χ3v) is 4.13. The number of carbonyl (C=O) groups is 1. The standard InChI is InChI=1S/C15H19N3O3S/c1-5-13-16-15(18-17-13)22-9(2)14(19)10-6-7-11(20-3)12(8-10)21-4/h6-9H,5H2,1-4H3,(H,16,17,18)/t9-/m0/s1. The van der Waals surface area contributed by atoms with Gasteiger partial charge in [-0.05, 0) is 25.1 Å². The highest BCUT2D eigenvalue weighted by molar-refractivity contribution is 8.00. The van der Waals surface area contributed by atoms with Crippen molar-refractivity contribution >= 4 is 17.5 Å². The molecule has 1 aromatic heterocycles. The smallest absolute Gasteiger partial charge is 0.209 e. The Hall–Kier alpha value is -2.02. The lowest BCUT2D eigenvalue weighted by atomic mass is 10.1. The number of ketones is 1. The molecule has 0 unspecified atom stereocenters. The SMILES string of the molecule is CCc1nc(S[C@@H](C)C(=O)c2ccc(OC)c(OC)c2)n[nH]1. The molecule has 1 aromatic carbocycles. The fourth-order valence-corrected chi connectivity index (χ4v) is 2.75. The molecule has 0 fully saturated rings. The highest BCUT2D eigenvalue weighted by Crippen LogP contribution is 2.30. The molecule has 6 nitrogen and oxygen atoms in total. The number of thioether (sulfide) groups is 1. The number of hydrogen-bond acceptors (Lipinski definition) is 6. The summed E-state index contributed by atoms with van der Waals surface area (Å²) in [5.74, 6) is 1.94. The second-order valence-corrected chi connectivity index (χ2v) is 5.92. The molecular weight excluding hydrogens is 302 g/mol. The van der Waals surface area contributed by atoms with Crippen molar-refractivity contribution in [3.63, 3.8) is 0 Å². The molecule has 1 heterocycles. The largest absolute Gasteiger partial charge is 0.493 e. The molecule has 118 valence electrons. The number of nitrogens with one attached hydrogen (secondary N) is 1. The van der Waals surface area contributed by atoms with Crippen LogP contribution in [0.5, 0.6) is 11.5 Å². The topological polar surface area (TPSA) is 77.1 Å². The average molecular weight is 321 g/mol. The lowest BCUT2D eigenvalue weighted by Gasteiger charge is -2.11. The summed E-state index contributed by atoms with van der Waals surface area (Å²) in [6, 6.07) is 5.15. The van der Waals surface area contributed by atoms with E-state index in [1.54, 1.807) is 32.4 Å². The van der Waals surface area contributed by atoms with E-state index in [1.165, 1.54) is 11.8 Å². The van der Waals surface area contributed by atoms with E-state index in [0.717, 1.165) is 12.2 Å². The monoisotopic (exact) mass is 321 g/mol. The van der Waals surface area contributed by atoms with Gasteiger partial charge in [0.25, 0.3) is 0 Å². The number of nitrogens with zero attached hydrogens (tertiary/aromatic N) is 2. The van der Waals surface area contributed by atoms with E-state index in [4.69, 9.17) is 9.47 Å². The third kappa shape index (κ3) is 3.59. The van der Waals surface area contributed by atoms with Gasteiger partial charge in [0.15, 0.2) is 17.3 Å². The molecule has 0 bridgehead atoms. The zero-order valence-electron chi connectivity index (χ0n) is 13.0. The van der Waals surface area contributed by atoms with Crippen LogP contribution in [0.1, 0.15) is 30.0 Å². The molecule has 0 aliphatic carbocycles. The van der Waals surface area contributed by atoms with E-state index in [9.17, 15) is 4.79 Å². The van der Waals surface area contributed by atoms with Gasteiger partial charge in [-0.15, -0.1) is 5.10 Å². The molecular formula is C15H19N3O3S. The van der Waals surface area contributed by atoms with Crippen molar-refractivity contribution in [1.82, 2.24) is 15.2 Å². The van der Waals surface area contributed by atoms with E-state index in [0.29, 0.717) is 22.2 Å². The number of rotatable bonds is 7. The van der Waals surface area contributed by atoms with Crippen molar-refractivity contribution in [2.24, 2.45) is 0 Å². The van der Waals surface area contributed by atoms with Gasteiger partial charge in [-0.25, -0.2) is 4.98 Å². The van der Waals surface area contributed by atoms with Crippen molar-refractivity contribution in [1.29, 1.82) is 0 Å². The molecule has 0 aliphatic rings.